The zero-order valence-electron chi connectivity index (χ0n) is 21.0. The minimum Gasteiger partial charge on any atom is -0.481 e. The minimum absolute atomic E-state index is 0.0128. The highest BCUT2D eigenvalue weighted by atomic mass is 16.6. The Bertz CT molecular complexity index is 602. The monoisotopic (exact) mass is 504 g/mol. The van der Waals surface area contributed by atoms with Crippen LogP contribution in [-0.4, -0.2) is 71.3 Å². The molecule has 0 spiro atoms. The van der Waals surface area contributed by atoms with Gasteiger partial charge in [-0.15, -0.1) is 0 Å². The number of aliphatic hydroxyl groups is 1. The molecule has 0 rings (SSSR count). The molecule has 0 fully saturated rings. The minimum atomic E-state index is -1.38. The summed E-state index contributed by atoms with van der Waals surface area (Å²) in [4.78, 5) is 46.0. The van der Waals surface area contributed by atoms with Crippen LogP contribution in [0, 0.1) is 0 Å². The first kappa shape index (κ1) is 32.6. The fraction of sp³-hybridized carbons (Fsp3) is 0.833. The fourth-order valence-corrected chi connectivity index (χ4v) is 3.44. The van der Waals surface area contributed by atoms with E-state index in [-0.39, 0.29) is 25.9 Å². The summed E-state index contributed by atoms with van der Waals surface area (Å²) in [6, 6.07) is -2.90. The molecule has 0 aromatic carbocycles. The molecule has 0 aliphatic rings. The van der Waals surface area contributed by atoms with E-state index in [1.807, 2.05) is 0 Å². The van der Waals surface area contributed by atoms with Crippen molar-refractivity contribution in [2.24, 2.45) is 0 Å². The van der Waals surface area contributed by atoms with E-state index < -0.39 is 49.2 Å². The van der Waals surface area contributed by atoms with E-state index in [0.717, 1.165) is 19.3 Å². The van der Waals surface area contributed by atoms with Crippen LogP contribution in [0.15, 0.2) is 0 Å². The maximum absolute atomic E-state index is 12.1. The summed E-state index contributed by atoms with van der Waals surface area (Å²) in [6.07, 6.45) is 11.3. The number of nitrogens with one attached hydrogen (secondary N) is 2. The summed E-state index contributed by atoms with van der Waals surface area (Å²) in [7, 11) is 0. The Morgan fingerprint density at radius 3 is 1.94 bits per heavy atom. The highest BCUT2D eigenvalue weighted by Crippen LogP contribution is 2.11. The summed E-state index contributed by atoms with van der Waals surface area (Å²) >= 11 is 0. The molecule has 0 unspecified atom stereocenters. The van der Waals surface area contributed by atoms with Crippen LogP contribution in [0.5, 0.6) is 0 Å². The molecule has 0 radical (unpaired) electrons. The molecule has 0 heterocycles. The van der Waals surface area contributed by atoms with Crippen molar-refractivity contribution >= 4 is 23.9 Å². The average Bonchev–Trinajstić information content (AvgIpc) is 2.81. The molecule has 11 heteroatoms. The number of urea groups is 1. The lowest BCUT2D eigenvalue weighted by Crippen LogP contribution is -2.50. The van der Waals surface area contributed by atoms with Gasteiger partial charge in [-0.2, -0.15) is 0 Å². The van der Waals surface area contributed by atoms with Gasteiger partial charge in [0.1, 0.15) is 12.8 Å². The highest BCUT2D eigenvalue weighted by molar-refractivity contribution is 5.83. The van der Waals surface area contributed by atoms with E-state index in [9.17, 15) is 19.2 Å². The van der Waals surface area contributed by atoms with Crippen molar-refractivity contribution in [2.45, 2.75) is 109 Å². The maximum atomic E-state index is 12.1. The largest absolute Gasteiger partial charge is 0.481 e. The molecule has 2 amide bonds. The van der Waals surface area contributed by atoms with E-state index >= 15 is 0 Å². The zero-order chi connectivity index (χ0) is 26.3. The first-order valence-electron chi connectivity index (χ1n) is 12.7. The predicted octanol–water partition coefficient (Wildman–Crippen LogP) is 3.18. The van der Waals surface area contributed by atoms with E-state index in [2.05, 4.69) is 17.6 Å². The molecule has 0 saturated carbocycles. The molecule has 5 N–H and O–H groups in total. The predicted molar refractivity (Wildman–Crippen MR) is 129 cm³/mol. The maximum Gasteiger partial charge on any atom is 0.326 e. The van der Waals surface area contributed by atoms with Crippen LogP contribution in [0.3, 0.4) is 0 Å². The number of aliphatic carboxylic acids is 2. The Labute approximate surface area is 207 Å². The first-order valence-corrected chi connectivity index (χ1v) is 12.7. The van der Waals surface area contributed by atoms with Crippen molar-refractivity contribution in [3.05, 3.63) is 0 Å². The molecule has 0 aliphatic carbocycles. The van der Waals surface area contributed by atoms with Gasteiger partial charge < -0.3 is 35.4 Å². The van der Waals surface area contributed by atoms with Crippen LogP contribution in [-0.2, 0) is 23.9 Å². The number of carboxylic acids is 2. The van der Waals surface area contributed by atoms with Crippen molar-refractivity contribution in [1.29, 1.82) is 0 Å². The van der Waals surface area contributed by atoms with Crippen LogP contribution in [0.2, 0.25) is 0 Å². The Kier molecular flexibility index (Phi) is 20.6. The van der Waals surface area contributed by atoms with Crippen molar-refractivity contribution in [2.75, 3.05) is 20.0 Å². The van der Waals surface area contributed by atoms with Gasteiger partial charge in [0, 0.05) is 12.8 Å². The van der Waals surface area contributed by atoms with E-state index in [0.29, 0.717) is 6.61 Å². The first-order chi connectivity index (χ1) is 16.8. The molecule has 0 bridgehead atoms. The normalized spacial score (nSPS) is 12.5. The lowest BCUT2D eigenvalue weighted by molar-refractivity contribution is -0.144. The second kappa shape index (κ2) is 22.1. The van der Waals surface area contributed by atoms with Crippen molar-refractivity contribution < 1.29 is 44.0 Å². The quantitative estimate of drug-likeness (QED) is 0.0796. The van der Waals surface area contributed by atoms with Gasteiger partial charge in [0.2, 0.25) is 0 Å². The van der Waals surface area contributed by atoms with Gasteiger partial charge in [0.15, 0.2) is 0 Å². The standard InChI is InChI=1S/C24H44N2O9/c1-2-3-4-5-6-7-8-9-10-11-16-35-22(30)15-12-19(17-34-18-27)25-24(33)26-20(23(31)32)13-14-21(28)29/h19-20,27H,2-18H2,1H3,(H,28,29)(H,31,32)(H2,25,26,33)/t19-,20-/m0/s1. The van der Waals surface area contributed by atoms with E-state index in [1.54, 1.807) is 0 Å². The van der Waals surface area contributed by atoms with Gasteiger partial charge >= 0.3 is 23.9 Å². The molecule has 0 aliphatic heterocycles. The number of amides is 2. The van der Waals surface area contributed by atoms with E-state index in [1.165, 1.54) is 44.9 Å². The summed E-state index contributed by atoms with van der Waals surface area (Å²) in [5.41, 5.74) is 0. The van der Waals surface area contributed by atoms with Crippen LogP contribution >= 0.6 is 0 Å². The highest BCUT2D eigenvalue weighted by Gasteiger charge is 2.23. The molecule has 2 atom stereocenters. The number of ether oxygens (including phenoxy) is 2. The molecule has 0 aromatic rings. The number of rotatable bonds is 23. The third-order valence-corrected chi connectivity index (χ3v) is 5.45. The van der Waals surface area contributed by atoms with Gasteiger partial charge in [0.05, 0.1) is 19.3 Å². The molecule has 204 valence electrons. The lowest BCUT2D eigenvalue weighted by Gasteiger charge is -2.20. The van der Waals surface area contributed by atoms with Gasteiger partial charge in [-0.05, 0) is 19.3 Å². The van der Waals surface area contributed by atoms with Gasteiger partial charge in [-0.25, -0.2) is 9.59 Å². The SMILES string of the molecule is CCCCCCCCCCCCOC(=O)CC[C@@H](COCO)NC(=O)N[C@@H](CCC(=O)O)C(=O)O. The number of hydrogen-bond acceptors (Lipinski definition) is 7. The van der Waals surface area contributed by atoms with Crippen LogP contribution in [0.4, 0.5) is 4.79 Å². The Hall–Kier alpha value is -2.40. The summed E-state index contributed by atoms with van der Waals surface area (Å²) in [5.74, 6) is -2.95. The van der Waals surface area contributed by atoms with Crippen LogP contribution in [0.1, 0.15) is 96.8 Å². The number of hydrogen-bond donors (Lipinski definition) is 5. The Morgan fingerprint density at radius 2 is 1.40 bits per heavy atom. The van der Waals surface area contributed by atoms with Crippen molar-refractivity contribution in [3.63, 3.8) is 0 Å². The fourth-order valence-electron chi connectivity index (χ4n) is 3.44. The molecular formula is C24H44N2O9. The molecule has 0 aromatic heterocycles. The number of aliphatic hydroxyl groups excluding tert-OH is 1. The molecule has 0 saturated heterocycles. The summed E-state index contributed by atoms with van der Waals surface area (Å²) in [6.45, 7) is 1.87. The van der Waals surface area contributed by atoms with E-state index in [4.69, 9.17) is 24.8 Å². The number of carboxylic acid groups (broad SMARTS) is 2. The zero-order valence-corrected chi connectivity index (χ0v) is 21.0. The average molecular weight is 505 g/mol. The molecule has 35 heavy (non-hydrogen) atoms. The lowest BCUT2D eigenvalue weighted by atomic mass is 10.1. The second-order valence-corrected chi connectivity index (χ2v) is 8.58. The van der Waals surface area contributed by atoms with Crippen LogP contribution < -0.4 is 10.6 Å². The number of unbranched alkanes of at least 4 members (excludes halogenated alkanes) is 9. The molecule has 11 nitrogen and oxygen atoms in total. The number of carbonyl (C=O) groups is 4. The smallest absolute Gasteiger partial charge is 0.326 e. The van der Waals surface area contributed by atoms with Gasteiger partial charge in [0.25, 0.3) is 0 Å². The van der Waals surface area contributed by atoms with Gasteiger partial charge in [-0.1, -0.05) is 64.7 Å². The molecular weight excluding hydrogens is 460 g/mol. The topological polar surface area (TPSA) is 171 Å². The van der Waals surface area contributed by atoms with Crippen molar-refractivity contribution in [1.82, 2.24) is 10.6 Å². The third-order valence-electron chi connectivity index (χ3n) is 5.45. The second-order valence-electron chi connectivity index (χ2n) is 8.58. The third kappa shape index (κ3) is 20.7. The van der Waals surface area contributed by atoms with Crippen LogP contribution in [0.25, 0.3) is 0 Å². The Balaban J connectivity index is 4.15. The summed E-state index contributed by atoms with van der Waals surface area (Å²) < 4.78 is 10.1. The summed E-state index contributed by atoms with van der Waals surface area (Å²) in [5, 5.41) is 31.4. The Morgan fingerprint density at radius 1 is 0.800 bits per heavy atom. The van der Waals surface area contributed by atoms with Crippen molar-refractivity contribution in [3.8, 4) is 0 Å². The number of esters is 1. The number of carbonyl (C=O) groups excluding carboxylic acids is 2. The van der Waals surface area contributed by atoms with Gasteiger partial charge in [-0.3, -0.25) is 9.59 Å².